The van der Waals surface area contributed by atoms with Crippen LogP contribution < -0.4 is 4.74 Å². The van der Waals surface area contributed by atoms with Gasteiger partial charge in [-0.2, -0.15) is 5.10 Å². The van der Waals surface area contributed by atoms with Gasteiger partial charge in [0.05, 0.1) is 12.9 Å². The smallest absolute Gasteiger partial charge is 0.183 e. The number of nitrogens with one attached hydrogen (secondary N) is 1. The number of Topliss-reactive ketones (excluding diaryl/α,β-unsaturated/α-hetero) is 1. The van der Waals surface area contributed by atoms with Gasteiger partial charge in [-0.1, -0.05) is 17.8 Å². The van der Waals surface area contributed by atoms with Gasteiger partial charge in [0.2, 0.25) is 0 Å². The lowest BCUT2D eigenvalue weighted by molar-refractivity contribution is 0.102. The molecule has 2 aromatic heterocycles. The van der Waals surface area contributed by atoms with Crippen LogP contribution in [0.15, 0.2) is 41.8 Å². The molecule has 0 spiro atoms. The van der Waals surface area contributed by atoms with Crippen LogP contribution in [-0.2, 0) is 0 Å². The van der Waals surface area contributed by atoms with E-state index < -0.39 is 0 Å². The molecular formula is C17H18N4O2S. The largest absolute Gasteiger partial charge is 0.497 e. The first-order valence-electron chi connectivity index (χ1n) is 7.45. The van der Waals surface area contributed by atoms with Gasteiger partial charge in [0, 0.05) is 28.7 Å². The molecule has 24 heavy (non-hydrogen) atoms. The molecule has 3 rings (SSSR count). The molecule has 0 saturated carbocycles. The molecule has 0 fully saturated rings. The van der Waals surface area contributed by atoms with Crippen LogP contribution in [0.25, 0.3) is 5.69 Å². The van der Waals surface area contributed by atoms with E-state index in [4.69, 9.17) is 4.74 Å². The van der Waals surface area contributed by atoms with Gasteiger partial charge in [-0.25, -0.2) is 4.98 Å². The predicted octanol–water partition coefficient (Wildman–Crippen LogP) is 3.20. The summed E-state index contributed by atoms with van der Waals surface area (Å²) in [6, 6.07) is 9.72. The zero-order valence-corrected chi connectivity index (χ0v) is 14.6. The lowest BCUT2D eigenvalue weighted by atomic mass is 10.2. The highest BCUT2D eigenvalue weighted by atomic mass is 32.2. The van der Waals surface area contributed by atoms with Gasteiger partial charge in [0.1, 0.15) is 12.1 Å². The van der Waals surface area contributed by atoms with Crippen LogP contribution in [0.4, 0.5) is 0 Å². The maximum absolute atomic E-state index is 12.6. The van der Waals surface area contributed by atoms with Crippen molar-refractivity contribution < 1.29 is 9.53 Å². The summed E-state index contributed by atoms with van der Waals surface area (Å²) in [5, 5.41) is 7.17. The number of aryl methyl sites for hydroxylation is 1. The number of aromatic nitrogens is 4. The maximum Gasteiger partial charge on any atom is 0.183 e. The minimum Gasteiger partial charge on any atom is -0.497 e. The van der Waals surface area contributed by atoms with E-state index in [0.29, 0.717) is 10.9 Å². The van der Waals surface area contributed by atoms with Gasteiger partial charge in [0.15, 0.2) is 10.9 Å². The topological polar surface area (TPSA) is 72.8 Å². The fourth-order valence-corrected chi connectivity index (χ4v) is 3.33. The van der Waals surface area contributed by atoms with Gasteiger partial charge in [-0.3, -0.25) is 9.89 Å². The number of benzene rings is 1. The first kappa shape index (κ1) is 16.3. The van der Waals surface area contributed by atoms with Crippen molar-refractivity contribution in [1.82, 2.24) is 19.7 Å². The monoisotopic (exact) mass is 342 g/mol. The molecule has 0 aliphatic heterocycles. The minimum atomic E-state index is 0.0682. The second-order valence-corrected chi connectivity index (χ2v) is 6.29. The molecule has 0 unspecified atom stereocenters. The Hall–Kier alpha value is -2.54. The number of H-pyrrole nitrogens is 1. The van der Waals surface area contributed by atoms with Crippen molar-refractivity contribution in [3.63, 3.8) is 0 Å². The summed E-state index contributed by atoms with van der Waals surface area (Å²) in [5.74, 6) is 1.17. The zero-order chi connectivity index (χ0) is 17.1. The Bertz CT molecular complexity index is 856. The van der Waals surface area contributed by atoms with Crippen molar-refractivity contribution >= 4 is 17.5 Å². The number of rotatable bonds is 6. The molecule has 0 amide bonds. The van der Waals surface area contributed by atoms with Gasteiger partial charge in [0.25, 0.3) is 0 Å². The third-order valence-electron chi connectivity index (χ3n) is 3.78. The number of hydrogen-bond donors (Lipinski definition) is 1. The van der Waals surface area contributed by atoms with Crippen LogP contribution in [0.2, 0.25) is 0 Å². The van der Waals surface area contributed by atoms with Gasteiger partial charge in [-0.15, -0.1) is 0 Å². The lowest BCUT2D eigenvalue weighted by Crippen LogP contribution is -2.06. The molecule has 0 bridgehead atoms. The predicted molar refractivity (Wildman–Crippen MR) is 93.2 cm³/mol. The van der Waals surface area contributed by atoms with E-state index in [9.17, 15) is 4.79 Å². The highest BCUT2D eigenvalue weighted by Gasteiger charge is 2.17. The fraction of sp³-hybridized carbons (Fsp3) is 0.235. The summed E-state index contributed by atoms with van der Waals surface area (Å²) in [7, 11) is 1.64. The molecule has 0 aliphatic rings. The van der Waals surface area contributed by atoms with Crippen LogP contribution in [0.1, 0.15) is 21.7 Å². The van der Waals surface area contributed by atoms with Crippen LogP contribution >= 0.6 is 11.8 Å². The van der Waals surface area contributed by atoms with E-state index >= 15 is 0 Å². The van der Waals surface area contributed by atoms with E-state index in [0.717, 1.165) is 28.4 Å². The summed E-state index contributed by atoms with van der Waals surface area (Å²) < 4.78 is 7.35. The number of nitrogens with zero attached hydrogens (tertiary/aromatic N) is 3. The third kappa shape index (κ3) is 3.21. The Morgan fingerprint density at radius 3 is 2.88 bits per heavy atom. The molecule has 0 atom stereocenters. The number of hydrogen-bond acceptors (Lipinski definition) is 5. The number of carbonyl (C=O) groups excluding carboxylic acids is 1. The quantitative estimate of drug-likeness (QED) is 0.550. The number of methoxy groups -OCH3 is 1. The standard InChI is InChI=1S/C17H18N4O2S/c1-11-7-15(16(22)9-24-17-18-10-19-20-17)12(2)21(11)13-5-4-6-14(8-13)23-3/h4-8,10H,9H2,1-3H3,(H,18,19,20). The number of thioether (sulfide) groups is 1. The summed E-state index contributed by atoms with van der Waals surface area (Å²) in [5.41, 5.74) is 3.63. The minimum absolute atomic E-state index is 0.0682. The first-order chi connectivity index (χ1) is 11.6. The van der Waals surface area contributed by atoms with Crippen LogP contribution in [0.3, 0.4) is 0 Å². The Balaban J connectivity index is 1.87. The maximum atomic E-state index is 12.6. The fourth-order valence-electron chi connectivity index (χ4n) is 2.67. The van der Waals surface area contributed by atoms with Gasteiger partial charge >= 0.3 is 0 Å². The first-order valence-corrected chi connectivity index (χ1v) is 8.43. The van der Waals surface area contributed by atoms with Crippen LogP contribution in [0, 0.1) is 13.8 Å². The summed E-state index contributed by atoms with van der Waals surface area (Å²) >= 11 is 1.35. The van der Waals surface area contributed by atoms with Crippen LogP contribution in [-0.4, -0.2) is 38.4 Å². The van der Waals surface area contributed by atoms with Gasteiger partial charge in [-0.05, 0) is 32.0 Å². The number of carbonyl (C=O) groups is 1. The molecule has 0 radical (unpaired) electrons. The molecule has 0 saturated heterocycles. The normalized spacial score (nSPS) is 10.8. The SMILES string of the molecule is COc1cccc(-n2c(C)cc(C(=O)CSc3ncn[nH]3)c2C)c1. The Kier molecular flexibility index (Phi) is 4.71. The van der Waals surface area contributed by atoms with Crippen molar-refractivity contribution in [2.75, 3.05) is 12.9 Å². The van der Waals surface area contributed by atoms with Crippen molar-refractivity contribution in [2.24, 2.45) is 0 Å². The molecule has 3 aromatic rings. The average molecular weight is 342 g/mol. The number of aromatic amines is 1. The number of ether oxygens (including phenoxy) is 1. The van der Waals surface area contributed by atoms with Crippen molar-refractivity contribution in [1.29, 1.82) is 0 Å². The summed E-state index contributed by atoms with van der Waals surface area (Å²) in [6.07, 6.45) is 1.43. The molecule has 1 aromatic carbocycles. The second kappa shape index (κ2) is 6.92. The highest BCUT2D eigenvalue weighted by molar-refractivity contribution is 7.99. The summed E-state index contributed by atoms with van der Waals surface area (Å²) in [4.78, 5) is 16.6. The molecule has 124 valence electrons. The van der Waals surface area contributed by atoms with E-state index in [1.54, 1.807) is 7.11 Å². The van der Waals surface area contributed by atoms with Crippen LogP contribution in [0.5, 0.6) is 5.75 Å². The molecule has 2 heterocycles. The average Bonchev–Trinajstić information content (AvgIpc) is 3.20. The van der Waals surface area contributed by atoms with Crippen molar-refractivity contribution in [2.45, 2.75) is 19.0 Å². The lowest BCUT2D eigenvalue weighted by Gasteiger charge is -2.11. The van der Waals surface area contributed by atoms with Gasteiger partial charge < -0.3 is 9.30 Å². The van der Waals surface area contributed by atoms with E-state index in [1.165, 1.54) is 18.1 Å². The molecule has 6 nitrogen and oxygen atoms in total. The zero-order valence-electron chi connectivity index (χ0n) is 13.7. The number of ketones is 1. The second-order valence-electron chi connectivity index (χ2n) is 5.32. The van der Waals surface area contributed by atoms with E-state index in [-0.39, 0.29) is 5.78 Å². The molecule has 1 N–H and O–H groups in total. The van der Waals surface area contributed by atoms with E-state index in [1.807, 2.05) is 44.2 Å². The van der Waals surface area contributed by atoms with Crippen molar-refractivity contribution in [3.05, 3.63) is 53.6 Å². The molecule has 0 aliphatic carbocycles. The Labute approximate surface area is 144 Å². The molecule has 7 heteroatoms. The Morgan fingerprint density at radius 1 is 1.33 bits per heavy atom. The Morgan fingerprint density at radius 2 is 2.17 bits per heavy atom. The highest BCUT2D eigenvalue weighted by Crippen LogP contribution is 2.25. The van der Waals surface area contributed by atoms with Crippen molar-refractivity contribution in [3.8, 4) is 11.4 Å². The third-order valence-corrected chi connectivity index (χ3v) is 4.65. The van der Waals surface area contributed by atoms with E-state index in [2.05, 4.69) is 19.7 Å². The molecular weight excluding hydrogens is 324 g/mol. The summed E-state index contributed by atoms with van der Waals surface area (Å²) in [6.45, 7) is 3.95.